The zero-order chi connectivity index (χ0) is 13.4. The van der Waals surface area contributed by atoms with Crippen LogP contribution < -0.4 is 0 Å². The summed E-state index contributed by atoms with van der Waals surface area (Å²) in [5, 5.41) is 0. The second kappa shape index (κ2) is 8.04. The first kappa shape index (κ1) is 14.9. The lowest BCUT2D eigenvalue weighted by molar-refractivity contribution is -0.113. The molecule has 2 atom stereocenters. The van der Waals surface area contributed by atoms with E-state index in [1.54, 1.807) is 0 Å². The fraction of sp³-hybridized carbons (Fsp3) is 0.562. The Balaban J connectivity index is 2.79. The summed E-state index contributed by atoms with van der Waals surface area (Å²) in [6.45, 7) is 2.19. The second-order valence-electron chi connectivity index (χ2n) is 5.11. The van der Waals surface area contributed by atoms with Crippen LogP contribution in [0.25, 0.3) is 0 Å². The molecular formula is C16H25NO. The van der Waals surface area contributed by atoms with Gasteiger partial charge in [0.2, 0.25) is 0 Å². The highest BCUT2D eigenvalue weighted by Gasteiger charge is 2.24. The van der Waals surface area contributed by atoms with Crippen molar-refractivity contribution in [1.29, 1.82) is 0 Å². The van der Waals surface area contributed by atoms with Crippen LogP contribution in [0, 0.1) is 5.92 Å². The third-order valence-corrected chi connectivity index (χ3v) is 3.42. The van der Waals surface area contributed by atoms with Crippen LogP contribution in [0.2, 0.25) is 0 Å². The number of hydrogen-bond donors (Lipinski definition) is 0. The van der Waals surface area contributed by atoms with E-state index in [9.17, 15) is 4.79 Å². The van der Waals surface area contributed by atoms with Gasteiger partial charge in [-0.05, 0) is 26.1 Å². The molecule has 0 saturated carbocycles. The molecule has 0 aromatic heterocycles. The van der Waals surface area contributed by atoms with Crippen molar-refractivity contribution in [2.75, 3.05) is 14.1 Å². The predicted octanol–water partition coefficient (Wildman–Crippen LogP) is 3.68. The van der Waals surface area contributed by atoms with Gasteiger partial charge in [0, 0.05) is 12.0 Å². The molecule has 0 fully saturated rings. The first-order chi connectivity index (χ1) is 8.70. The lowest BCUT2D eigenvalue weighted by Crippen LogP contribution is -2.28. The highest BCUT2D eigenvalue weighted by Crippen LogP contribution is 2.29. The zero-order valence-corrected chi connectivity index (χ0v) is 11.8. The van der Waals surface area contributed by atoms with Gasteiger partial charge in [0.15, 0.2) is 0 Å². The van der Waals surface area contributed by atoms with E-state index in [2.05, 4.69) is 24.0 Å². The Morgan fingerprint density at radius 1 is 1.17 bits per heavy atom. The molecule has 0 saturated heterocycles. The van der Waals surface area contributed by atoms with E-state index in [-0.39, 0.29) is 12.0 Å². The standard InChI is InChI=1S/C16H25NO/c1-4-5-7-12-15(13-18)16(17(2)3)14-10-8-6-9-11-14/h6,8-11,13,15-16H,4-5,7,12H2,1-3H3/t15-,16+/m1/s1. The number of unbranched alkanes of at least 4 members (excludes halogenated alkanes) is 2. The lowest BCUT2D eigenvalue weighted by atomic mass is 9.89. The quantitative estimate of drug-likeness (QED) is 0.516. The van der Waals surface area contributed by atoms with E-state index in [0.29, 0.717) is 0 Å². The van der Waals surface area contributed by atoms with Crippen molar-refractivity contribution >= 4 is 6.29 Å². The van der Waals surface area contributed by atoms with Crippen molar-refractivity contribution in [3.05, 3.63) is 35.9 Å². The summed E-state index contributed by atoms with van der Waals surface area (Å²) < 4.78 is 0. The summed E-state index contributed by atoms with van der Waals surface area (Å²) >= 11 is 0. The first-order valence-electron chi connectivity index (χ1n) is 6.87. The van der Waals surface area contributed by atoms with Gasteiger partial charge in [-0.3, -0.25) is 0 Å². The van der Waals surface area contributed by atoms with Gasteiger partial charge in [-0.25, -0.2) is 0 Å². The third kappa shape index (κ3) is 4.26. The summed E-state index contributed by atoms with van der Waals surface area (Å²) in [5.74, 6) is 0.0916. The Labute approximate surface area is 111 Å². The summed E-state index contributed by atoms with van der Waals surface area (Å²) in [6.07, 6.45) is 5.66. The monoisotopic (exact) mass is 247 g/mol. The van der Waals surface area contributed by atoms with Gasteiger partial charge in [-0.1, -0.05) is 56.5 Å². The van der Waals surface area contributed by atoms with Crippen LogP contribution in [0.4, 0.5) is 0 Å². The Hall–Kier alpha value is -1.15. The Kier molecular flexibility index (Phi) is 6.66. The predicted molar refractivity (Wildman–Crippen MR) is 76.6 cm³/mol. The van der Waals surface area contributed by atoms with Gasteiger partial charge >= 0.3 is 0 Å². The van der Waals surface area contributed by atoms with E-state index in [1.807, 2.05) is 32.3 Å². The number of nitrogens with zero attached hydrogens (tertiary/aromatic N) is 1. The van der Waals surface area contributed by atoms with Crippen molar-refractivity contribution in [3.63, 3.8) is 0 Å². The van der Waals surface area contributed by atoms with Crippen molar-refractivity contribution in [1.82, 2.24) is 4.90 Å². The molecule has 0 aliphatic heterocycles. The molecule has 0 spiro atoms. The molecule has 0 amide bonds. The smallest absolute Gasteiger partial charge is 0.124 e. The number of carbonyl (C=O) groups excluding carboxylic acids is 1. The Bertz CT molecular complexity index is 334. The molecule has 100 valence electrons. The Morgan fingerprint density at radius 2 is 1.83 bits per heavy atom. The van der Waals surface area contributed by atoms with Gasteiger partial charge in [-0.2, -0.15) is 0 Å². The minimum Gasteiger partial charge on any atom is -0.303 e. The summed E-state index contributed by atoms with van der Waals surface area (Å²) in [4.78, 5) is 13.5. The highest BCUT2D eigenvalue weighted by atomic mass is 16.1. The molecule has 0 aliphatic rings. The molecule has 1 aromatic rings. The maximum atomic E-state index is 11.4. The Morgan fingerprint density at radius 3 is 2.33 bits per heavy atom. The molecular weight excluding hydrogens is 222 g/mol. The fourth-order valence-corrected chi connectivity index (χ4v) is 2.51. The van der Waals surface area contributed by atoms with Crippen molar-refractivity contribution in [2.24, 2.45) is 5.92 Å². The van der Waals surface area contributed by atoms with Crippen LogP contribution in [0.1, 0.15) is 44.2 Å². The molecule has 0 bridgehead atoms. The van der Waals surface area contributed by atoms with Gasteiger partial charge in [0.25, 0.3) is 0 Å². The fourth-order valence-electron chi connectivity index (χ4n) is 2.51. The number of benzene rings is 1. The summed E-state index contributed by atoms with van der Waals surface area (Å²) in [5.41, 5.74) is 1.23. The van der Waals surface area contributed by atoms with Crippen LogP contribution in [-0.4, -0.2) is 25.3 Å². The SMILES string of the molecule is CCCCC[C@H](C=O)[C@H](c1ccccc1)N(C)C. The van der Waals surface area contributed by atoms with E-state index in [4.69, 9.17) is 0 Å². The van der Waals surface area contributed by atoms with E-state index in [1.165, 1.54) is 18.4 Å². The molecule has 1 rings (SSSR count). The maximum absolute atomic E-state index is 11.4. The minimum atomic E-state index is 0.0916. The topological polar surface area (TPSA) is 20.3 Å². The van der Waals surface area contributed by atoms with E-state index < -0.39 is 0 Å². The van der Waals surface area contributed by atoms with Gasteiger partial charge in [0.1, 0.15) is 6.29 Å². The molecule has 2 nitrogen and oxygen atoms in total. The van der Waals surface area contributed by atoms with Crippen LogP contribution >= 0.6 is 0 Å². The molecule has 0 radical (unpaired) electrons. The van der Waals surface area contributed by atoms with Crippen LogP contribution in [-0.2, 0) is 4.79 Å². The van der Waals surface area contributed by atoms with Gasteiger partial charge in [-0.15, -0.1) is 0 Å². The average molecular weight is 247 g/mol. The van der Waals surface area contributed by atoms with Crippen LogP contribution in [0.3, 0.4) is 0 Å². The highest BCUT2D eigenvalue weighted by molar-refractivity contribution is 5.55. The molecule has 0 N–H and O–H groups in total. The number of aldehydes is 1. The minimum absolute atomic E-state index is 0.0916. The number of hydrogen-bond acceptors (Lipinski definition) is 2. The van der Waals surface area contributed by atoms with Gasteiger partial charge in [0.05, 0.1) is 0 Å². The molecule has 0 unspecified atom stereocenters. The number of rotatable bonds is 8. The van der Waals surface area contributed by atoms with Crippen LogP contribution in [0.5, 0.6) is 0 Å². The maximum Gasteiger partial charge on any atom is 0.124 e. The molecule has 2 heteroatoms. The van der Waals surface area contributed by atoms with E-state index in [0.717, 1.165) is 19.1 Å². The molecule has 1 aromatic carbocycles. The van der Waals surface area contributed by atoms with E-state index >= 15 is 0 Å². The molecule has 0 aliphatic carbocycles. The van der Waals surface area contributed by atoms with Crippen molar-refractivity contribution in [3.8, 4) is 0 Å². The third-order valence-electron chi connectivity index (χ3n) is 3.42. The number of carbonyl (C=O) groups is 1. The summed E-state index contributed by atoms with van der Waals surface area (Å²) in [7, 11) is 4.10. The molecule has 18 heavy (non-hydrogen) atoms. The zero-order valence-electron chi connectivity index (χ0n) is 11.8. The summed E-state index contributed by atoms with van der Waals surface area (Å²) in [6, 6.07) is 10.5. The second-order valence-corrected chi connectivity index (χ2v) is 5.11. The largest absolute Gasteiger partial charge is 0.303 e. The normalized spacial score (nSPS) is 14.4. The van der Waals surface area contributed by atoms with Crippen LogP contribution in [0.15, 0.2) is 30.3 Å². The lowest BCUT2D eigenvalue weighted by Gasteiger charge is -2.29. The van der Waals surface area contributed by atoms with Crippen molar-refractivity contribution in [2.45, 2.75) is 38.6 Å². The molecule has 0 heterocycles. The van der Waals surface area contributed by atoms with Crippen molar-refractivity contribution < 1.29 is 4.79 Å². The average Bonchev–Trinajstić information content (AvgIpc) is 2.38. The van der Waals surface area contributed by atoms with Gasteiger partial charge < -0.3 is 9.69 Å². The first-order valence-corrected chi connectivity index (χ1v) is 6.87.